The number of nitrogens with one attached hydrogen (secondary N) is 1. The van der Waals surface area contributed by atoms with Gasteiger partial charge in [0.1, 0.15) is 5.01 Å². The van der Waals surface area contributed by atoms with Gasteiger partial charge in [0.2, 0.25) is 0 Å². The van der Waals surface area contributed by atoms with Crippen LogP contribution in [-0.2, 0) is 0 Å². The maximum Gasteiger partial charge on any atom is 0.338 e. The minimum atomic E-state index is -0.961. The van der Waals surface area contributed by atoms with Gasteiger partial charge in [0.05, 0.1) is 17.3 Å². The minimum Gasteiger partial charge on any atom is -0.478 e. The van der Waals surface area contributed by atoms with Crippen molar-refractivity contribution in [2.24, 2.45) is 0 Å². The molecule has 6 heteroatoms. The molecule has 1 aromatic carbocycles. The van der Waals surface area contributed by atoms with E-state index in [9.17, 15) is 9.90 Å². The number of hydrogen-bond acceptors (Lipinski definition) is 4. The fourth-order valence-corrected chi connectivity index (χ4v) is 3.04. The molecule has 0 aliphatic heterocycles. The van der Waals surface area contributed by atoms with E-state index in [0.29, 0.717) is 10.2 Å². The van der Waals surface area contributed by atoms with Crippen LogP contribution in [0, 0.1) is 6.92 Å². The van der Waals surface area contributed by atoms with Crippen molar-refractivity contribution < 1.29 is 9.90 Å². The van der Waals surface area contributed by atoms with Crippen LogP contribution in [0.3, 0.4) is 0 Å². The van der Waals surface area contributed by atoms with Gasteiger partial charge >= 0.3 is 5.97 Å². The normalized spacial score (nSPS) is 12.2. The lowest BCUT2D eigenvalue weighted by Crippen LogP contribution is -2.11. The van der Waals surface area contributed by atoms with E-state index in [2.05, 4.69) is 26.2 Å². The number of carboxylic acids is 1. The summed E-state index contributed by atoms with van der Waals surface area (Å²) in [5.74, 6) is -0.961. The van der Waals surface area contributed by atoms with Crippen molar-refractivity contribution in [1.82, 2.24) is 4.98 Å². The SMILES string of the molecule is Cc1cnc(C(C)Nc2cccc(Br)c2C(=O)O)s1. The van der Waals surface area contributed by atoms with Crippen LogP contribution in [-0.4, -0.2) is 16.1 Å². The largest absolute Gasteiger partial charge is 0.478 e. The van der Waals surface area contributed by atoms with Crippen molar-refractivity contribution >= 4 is 38.9 Å². The zero-order valence-electron chi connectivity index (χ0n) is 10.5. The highest BCUT2D eigenvalue weighted by molar-refractivity contribution is 9.10. The van der Waals surface area contributed by atoms with E-state index in [-0.39, 0.29) is 11.6 Å². The molecule has 100 valence electrons. The maximum atomic E-state index is 11.3. The highest BCUT2D eigenvalue weighted by Crippen LogP contribution is 2.29. The van der Waals surface area contributed by atoms with E-state index >= 15 is 0 Å². The Bertz CT molecular complexity index is 612. The van der Waals surface area contributed by atoms with Crippen LogP contribution < -0.4 is 5.32 Å². The van der Waals surface area contributed by atoms with Crippen molar-refractivity contribution in [2.45, 2.75) is 19.9 Å². The van der Waals surface area contributed by atoms with Crippen LogP contribution in [0.4, 0.5) is 5.69 Å². The van der Waals surface area contributed by atoms with E-state index < -0.39 is 5.97 Å². The van der Waals surface area contributed by atoms with Crippen LogP contribution >= 0.6 is 27.3 Å². The number of hydrogen-bond donors (Lipinski definition) is 2. The monoisotopic (exact) mass is 340 g/mol. The average molecular weight is 341 g/mol. The summed E-state index contributed by atoms with van der Waals surface area (Å²) >= 11 is 4.86. The molecule has 1 aromatic heterocycles. The summed E-state index contributed by atoms with van der Waals surface area (Å²) in [7, 11) is 0. The van der Waals surface area contributed by atoms with Crippen LogP contribution in [0.2, 0.25) is 0 Å². The van der Waals surface area contributed by atoms with Crippen LogP contribution in [0.25, 0.3) is 0 Å². The Kier molecular flexibility index (Phi) is 4.21. The Morgan fingerprint density at radius 3 is 2.84 bits per heavy atom. The standard InChI is InChI=1S/C13H13BrN2O2S/c1-7-6-15-12(19-7)8(2)16-10-5-3-4-9(14)11(10)13(17)18/h3-6,8,16H,1-2H3,(H,17,18). The topological polar surface area (TPSA) is 62.2 Å². The van der Waals surface area contributed by atoms with Crippen molar-refractivity contribution in [3.8, 4) is 0 Å². The molecule has 4 nitrogen and oxygen atoms in total. The Morgan fingerprint density at radius 1 is 1.53 bits per heavy atom. The summed E-state index contributed by atoms with van der Waals surface area (Å²) in [6.45, 7) is 3.96. The number of carboxylic acid groups (broad SMARTS) is 1. The van der Waals surface area contributed by atoms with E-state index in [1.165, 1.54) is 0 Å². The van der Waals surface area contributed by atoms with Crippen LogP contribution in [0.1, 0.15) is 33.2 Å². The molecule has 0 fully saturated rings. The van der Waals surface area contributed by atoms with Gasteiger partial charge in [0.15, 0.2) is 0 Å². The molecule has 0 amide bonds. The zero-order chi connectivity index (χ0) is 14.0. The maximum absolute atomic E-state index is 11.3. The molecule has 0 aliphatic rings. The molecule has 1 heterocycles. The molecule has 0 radical (unpaired) electrons. The molecule has 2 N–H and O–H groups in total. The fourth-order valence-electron chi connectivity index (χ4n) is 1.73. The second-order valence-corrected chi connectivity index (χ2v) is 6.26. The number of aromatic nitrogens is 1. The first kappa shape index (κ1) is 14.0. The molecule has 19 heavy (non-hydrogen) atoms. The number of thiazole rings is 1. The minimum absolute atomic E-state index is 0.0360. The molecule has 2 aromatic rings. The van der Waals surface area contributed by atoms with Crippen LogP contribution in [0.5, 0.6) is 0 Å². The van der Waals surface area contributed by atoms with E-state index in [4.69, 9.17) is 0 Å². The summed E-state index contributed by atoms with van der Waals surface area (Å²) in [4.78, 5) is 16.7. The Morgan fingerprint density at radius 2 is 2.26 bits per heavy atom. The number of halogens is 1. The summed E-state index contributed by atoms with van der Waals surface area (Å²) in [5, 5.41) is 13.4. The van der Waals surface area contributed by atoms with Gasteiger partial charge in [-0.1, -0.05) is 6.07 Å². The molecule has 0 spiro atoms. The van der Waals surface area contributed by atoms with E-state index in [1.54, 1.807) is 29.5 Å². The van der Waals surface area contributed by atoms with Gasteiger partial charge in [-0.2, -0.15) is 0 Å². The van der Waals surface area contributed by atoms with Gasteiger partial charge in [-0.3, -0.25) is 0 Å². The fraction of sp³-hybridized carbons (Fsp3) is 0.231. The molecule has 0 bridgehead atoms. The Balaban J connectivity index is 2.28. The second kappa shape index (κ2) is 5.71. The molecule has 2 rings (SSSR count). The first-order valence-corrected chi connectivity index (χ1v) is 7.30. The Labute approximate surface area is 123 Å². The van der Waals surface area contributed by atoms with Gasteiger partial charge in [-0.25, -0.2) is 9.78 Å². The average Bonchev–Trinajstić information content (AvgIpc) is 2.75. The number of benzene rings is 1. The summed E-state index contributed by atoms with van der Waals surface area (Å²) in [6.07, 6.45) is 1.82. The van der Waals surface area contributed by atoms with E-state index in [1.807, 2.05) is 20.0 Å². The third kappa shape index (κ3) is 3.13. The second-order valence-electron chi connectivity index (χ2n) is 4.14. The number of aryl methyl sites for hydroxylation is 1. The van der Waals surface area contributed by atoms with Gasteiger partial charge in [0.25, 0.3) is 0 Å². The third-order valence-corrected chi connectivity index (χ3v) is 4.37. The molecule has 0 aliphatic carbocycles. The van der Waals surface area contributed by atoms with Crippen LogP contribution in [0.15, 0.2) is 28.9 Å². The highest BCUT2D eigenvalue weighted by atomic mass is 79.9. The first-order chi connectivity index (χ1) is 8.99. The molecular weight excluding hydrogens is 328 g/mol. The molecule has 1 atom stereocenters. The summed E-state index contributed by atoms with van der Waals surface area (Å²) in [6, 6.07) is 5.24. The number of anilines is 1. The zero-order valence-corrected chi connectivity index (χ0v) is 12.9. The first-order valence-electron chi connectivity index (χ1n) is 5.69. The molecular formula is C13H13BrN2O2S. The lowest BCUT2D eigenvalue weighted by atomic mass is 10.1. The van der Waals surface area contributed by atoms with Gasteiger partial charge in [0, 0.05) is 15.5 Å². The Hall–Kier alpha value is -1.40. The number of rotatable bonds is 4. The quantitative estimate of drug-likeness (QED) is 0.879. The van der Waals surface area contributed by atoms with Gasteiger partial charge in [-0.05, 0) is 41.9 Å². The molecule has 0 saturated carbocycles. The van der Waals surface area contributed by atoms with Crippen molar-refractivity contribution in [1.29, 1.82) is 0 Å². The number of nitrogens with zero attached hydrogens (tertiary/aromatic N) is 1. The molecule has 1 unspecified atom stereocenters. The highest BCUT2D eigenvalue weighted by Gasteiger charge is 2.17. The third-order valence-electron chi connectivity index (χ3n) is 2.61. The number of aromatic carboxylic acids is 1. The van der Waals surface area contributed by atoms with Crippen molar-refractivity contribution in [3.05, 3.63) is 44.3 Å². The lowest BCUT2D eigenvalue weighted by Gasteiger charge is -2.15. The smallest absolute Gasteiger partial charge is 0.338 e. The molecule has 0 saturated heterocycles. The predicted octanol–water partition coefficient (Wildman–Crippen LogP) is 4.09. The van der Waals surface area contributed by atoms with Gasteiger partial charge in [-0.15, -0.1) is 11.3 Å². The lowest BCUT2D eigenvalue weighted by molar-refractivity contribution is 0.0697. The van der Waals surface area contributed by atoms with E-state index in [0.717, 1.165) is 9.88 Å². The van der Waals surface area contributed by atoms with Gasteiger partial charge < -0.3 is 10.4 Å². The summed E-state index contributed by atoms with van der Waals surface area (Å²) in [5.41, 5.74) is 0.824. The van der Waals surface area contributed by atoms with Crippen molar-refractivity contribution in [2.75, 3.05) is 5.32 Å². The van der Waals surface area contributed by atoms with Crippen molar-refractivity contribution in [3.63, 3.8) is 0 Å². The number of carbonyl (C=O) groups is 1. The summed E-state index contributed by atoms with van der Waals surface area (Å²) < 4.78 is 0.563. The predicted molar refractivity (Wildman–Crippen MR) is 80.0 cm³/mol.